The Morgan fingerprint density at radius 1 is 1.07 bits per heavy atom. The Balaban J connectivity index is 1.97. The normalized spacial score (nSPS) is 11.7. The Bertz CT molecular complexity index is 1120. The molecule has 9 heteroatoms. The fourth-order valence-corrected chi connectivity index (χ4v) is 2.73. The quantitative estimate of drug-likeness (QED) is 0.587. The highest BCUT2D eigenvalue weighted by atomic mass is 19.4. The molecule has 0 saturated carbocycles. The van der Waals surface area contributed by atoms with Crippen LogP contribution in [0.3, 0.4) is 0 Å². The van der Waals surface area contributed by atoms with Crippen LogP contribution in [0.2, 0.25) is 0 Å². The van der Waals surface area contributed by atoms with Crippen LogP contribution >= 0.6 is 0 Å². The SMILES string of the molecule is COc1nccc(-c2cc3cn[nH]c3nc2-c2cccc(C(F)(F)F)c2)n1. The van der Waals surface area contributed by atoms with Crippen molar-refractivity contribution in [3.63, 3.8) is 0 Å². The van der Waals surface area contributed by atoms with Crippen LogP contribution < -0.4 is 4.74 Å². The summed E-state index contributed by atoms with van der Waals surface area (Å²) >= 11 is 0. The van der Waals surface area contributed by atoms with Gasteiger partial charge in [-0.05, 0) is 24.3 Å². The third-order valence-electron chi connectivity index (χ3n) is 3.98. The molecule has 3 heterocycles. The number of hydrogen-bond donors (Lipinski definition) is 1. The van der Waals surface area contributed by atoms with Gasteiger partial charge in [-0.3, -0.25) is 5.10 Å². The predicted octanol–water partition coefficient (Wildman–Crippen LogP) is 4.11. The van der Waals surface area contributed by atoms with Gasteiger partial charge < -0.3 is 4.74 Å². The number of nitrogens with zero attached hydrogens (tertiary/aromatic N) is 4. The number of H-pyrrole nitrogens is 1. The first-order valence-electron chi connectivity index (χ1n) is 7.85. The minimum atomic E-state index is -4.45. The second-order valence-corrected chi connectivity index (χ2v) is 5.70. The maximum Gasteiger partial charge on any atom is 0.416 e. The average Bonchev–Trinajstić information content (AvgIpc) is 3.14. The van der Waals surface area contributed by atoms with Crippen LogP contribution in [-0.4, -0.2) is 32.3 Å². The lowest BCUT2D eigenvalue weighted by Gasteiger charge is -2.12. The van der Waals surface area contributed by atoms with Gasteiger partial charge >= 0.3 is 12.2 Å². The van der Waals surface area contributed by atoms with E-state index in [0.717, 1.165) is 12.1 Å². The van der Waals surface area contributed by atoms with Gasteiger partial charge in [-0.2, -0.15) is 23.3 Å². The monoisotopic (exact) mass is 371 g/mol. The van der Waals surface area contributed by atoms with Gasteiger partial charge in [0.2, 0.25) is 0 Å². The molecular weight excluding hydrogens is 359 g/mol. The van der Waals surface area contributed by atoms with E-state index in [4.69, 9.17) is 4.74 Å². The summed E-state index contributed by atoms with van der Waals surface area (Å²) in [5.74, 6) is 0. The largest absolute Gasteiger partial charge is 0.467 e. The van der Waals surface area contributed by atoms with Crippen LogP contribution in [0.1, 0.15) is 5.56 Å². The van der Waals surface area contributed by atoms with Crippen molar-refractivity contribution in [3.05, 3.63) is 54.4 Å². The van der Waals surface area contributed by atoms with Crippen molar-refractivity contribution in [2.24, 2.45) is 0 Å². The number of benzene rings is 1. The van der Waals surface area contributed by atoms with E-state index < -0.39 is 11.7 Å². The van der Waals surface area contributed by atoms with Gasteiger partial charge in [0.1, 0.15) is 0 Å². The Kier molecular flexibility index (Phi) is 3.98. The van der Waals surface area contributed by atoms with Crippen molar-refractivity contribution in [1.82, 2.24) is 25.1 Å². The molecule has 136 valence electrons. The van der Waals surface area contributed by atoms with Gasteiger partial charge in [-0.1, -0.05) is 12.1 Å². The molecular formula is C18H12F3N5O. The molecule has 0 amide bonds. The molecule has 0 bridgehead atoms. The third-order valence-corrected chi connectivity index (χ3v) is 3.98. The summed E-state index contributed by atoms with van der Waals surface area (Å²) in [6.07, 6.45) is -1.36. The van der Waals surface area contributed by atoms with Gasteiger partial charge in [0.15, 0.2) is 5.65 Å². The summed E-state index contributed by atoms with van der Waals surface area (Å²) in [6.45, 7) is 0. The van der Waals surface area contributed by atoms with Gasteiger partial charge in [0.05, 0.1) is 30.3 Å². The molecule has 0 unspecified atom stereocenters. The summed E-state index contributed by atoms with van der Waals surface area (Å²) in [5.41, 5.74) is 1.39. The third kappa shape index (κ3) is 3.19. The summed E-state index contributed by atoms with van der Waals surface area (Å²) in [5, 5.41) is 7.38. The van der Waals surface area contributed by atoms with Crippen LogP contribution in [0.25, 0.3) is 33.5 Å². The molecule has 0 fully saturated rings. The Morgan fingerprint density at radius 2 is 1.93 bits per heavy atom. The number of rotatable bonds is 3. The molecule has 27 heavy (non-hydrogen) atoms. The molecule has 0 saturated heterocycles. The summed E-state index contributed by atoms with van der Waals surface area (Å²) in [7, 11) is 1.43. The van der Waals surface area contributed by atoms with Crippen LogP contribution in [-0.2, 0) is 6.18 Å². The molecule has 0 aliphatic rings. The first-order valence-corrected chi connectivity index (χ1v) is 7.85. The number of aromatic nitrogens is 5. The maximum absolute atomic E-state index is 13.1. The maximum atomic E-state index is 13.1. The Labute approximate surface area is 151 Å². The minimum absolute atomic E-state index is 0.148. The first kappa shape index (κ1) is 17.0. The zero-order chi connectivity index (χ0) is 19.0. The van der Waals surface area contributed by atoms with Crippen molar-refractivity contribution in [2.45, 2.75) is 6.18 Å². The van der Waals surface area contributed by atoms with E-state index in [-0.39, 0.29) is 6.01 Å². The highest BCUT2D eigenvalue weighted by Crippen LogP contribution is 2.36. The fourth-order valence-electron chi connectivity index (χ4n) is 2.73. The highest BCUT2D eigenvalue weighted by Gasteiger charge is 2.30. The smallest absolute Gasteiger partial charge is 0.416 e. The number of halogens is 3. The molecule has 3 aromatic heterocycles. The van der Waals surface area contributed by atoms with E-state index in [1.54, 1.807) is 24.4 Å². The Morgan fingerprint density at radius 3 is 2.70 bits per heavy atom. The first-order chi connectivity index (χ1) is 13.0. The molecule has 0 spiro atoms. The highest BCUT2D eigenvalue weighted by molar-refractivity contribution is 5.89. The van der Waals surface area contributed by atoms with E-state index in [0.29, 0.717) is 33.5 Å². The number of aromatic amines is 1. The lowest BCUT2D eigenvalue weighted by molar-refractivity contribution is -0.137. The number of fused-ring (bicyclic) bond motifs is 1. The minimum Gasteiger partial charge on any atom is -0.467 e. The van der Waals surface area contributed by atoms with E-state index in [2.05, 4.69) is 25.1 Å². The number of methoxy groups -OCH3 is 1. The zero-order valence-electron chi connectivity index (χ0n) is 13.9. The molecule has 1 aromatic carbocycles. The van der Waals surface area contributed by atoms with Crippen LogP contribution in [0.4, 0.5) is 13.2 Å². The van der Waals surface area contributed by atoms with Gasteiger partial charge in [-0.15, -0.1) is 0 Å². The molecule has 0 atom stereocenters. The molecule has 0 aliphatic carbocycles. The lowest BCUT2D eigenvalue weighted by atomic mass is 10.0. The zero-order valence-corrected chi connectivity index (χ0v) is 13.9. The molecule has 6 nitrogen and oxygen atoms in total. The number of ether oxygens (including phenoxy) is 1. The van der Waals surface area contributed by atoms with E-state index in [1.165, 1.54) is 19.4 Å². The van der Waals surface area contributed by atoms with Crippen molar-refractivity contribution < 1.29 is 17.9 Å². The summed E-state index contributed by atoms with van der Waals surface area (Å²) < 4.78 is 44.5. The number of nitrogens with one attached hydrogen (secondary N) is 1. The van der Waals surface area contributed by atoms with Gasteiger partial charge in [0, 0.05) is 22.7 Å². The van der Waals surface area contributed by atoms with E-state index in [9.17, 15) is 13.2 Å². The van der Waals surface area contributed by atoms with Gasteiger partial charge in [-0.25, -0.2) is 9.97 Å². The summed E-state index contributed by atoms with van der Waals surface area (Å²) in [6, 6.07) is 8.56. The lowest BCUT2D eigenvalue weighted by Crippen LogP contribution is -2.05. The molecule has 0 aliphatic heterocycles. The average molecular weight is 371 g/mol. The van der Waals surface area contributed by atoms with Crippen LogP contribution in [0.5, 0.6) is 6.01 Å². The second-order valence-electron chi connectivity index (χ2n) is 5.70. The standard InChI is InChI=1S/C18H12F3N5O/c1-27-17-22-6-5-14(24-17)13-8-11-9-23-26-16(11)25-15(13)10-3-2-4-12(7-10)18(19,20)21/h2-9H,1H3,(H,23,25,26). The van der Waals surface area contributed by atoms with E-state index >= 15 is 0 Å². The number of hydrogen-bond acceptors (Lipinski definition) is 5. The molecule has 1 N–H and O–H groups in total. The fraction of sp³-hybridized carbons (Fsp3) is 0.111. The molecule has 0 radical (unpaired) electrons. The van der Waals surface area contributed by atoms with Crippen molar-refractivity contribution >= 4 is 11.0 Å². The molecule has 4 aromatic rings. The topological polar surface area (TPSA) is 76.6 Å². The van der Waals surface area contributed by atoms with Crippen molar-refractivity contribution in [1.29, 1.82) is 0 Å². The van der Waals surface area contributed by atoms with Crippen LogP contribution in [0, 0.1) is 0 Å². The number of alkyl halides is 3. The Hall–Kier alpha value is -3.49. The van der Waals surface area contributed by atoms with Gasteiger partial charge in [0.25, 0.3) is 0 Å². The second kappa shape index (κ2) is 6.35. The summed E-state index contributed by atoms with van der Waals surface area (Å²) in [4.78, 5) is 12.7. The predicted molar refractivity (Wildman–Crippen MR) is 91.9 cm³/mol. The van der Waals surface area contributed by atoms with Crippen molar-refractivity contribution in [3.8, 4) is 28.5 Å². The van der Waals surface area contributed by atoms with Crippen LogP contribution in [0.15, 0.2) is 48.8 Å². The van der Waals surface area contributed by atoms with Crippen molar-refractivity contribution in [2.75, 3.05) is 7.11 Å². The van der Waals surface area contributed by atoms with E-state index in [1.807, 2.05) is 0 Å². The molecule has 4 rings (SSSR count). The number of pyridine rings is 1.